The summed E-state index contributed by atoms with van der Waals surface area (Å²) in [7, 11) is 0. The number of urea groups is 1. The number of primary amides is 2. The van der Waals surface area contributed by atoms with Crippen LogP contribution in [0.5, 0.6) is 0 Å². The smallest absolute Gasteiger partial charge is 0.317 e. The number of carbonyl (C=O) groups is 2. The molecule has 2 heterocycles. The molecule has 1 fully saturated rings. The van der Waals surface area contributed by atoms with Crippen LogP contribution in [0.1, 0.15) is 10.4 Å². The molecule has 6 N–H and O–H groups in total. The minimum atomic E-state index is -0.721. The first-order valence-corrected chi connectivity index (χ1v) is 8.43. The number of hydrogen-bond acceptors (Lipinski definition) is 5. The molecule has 7 nitrogen and oxygen atoms in total. The van der Waals surface area contributed by atoms with Crippen LogP contribution in [0.15, 0.2) is 30.3 Å². The number of amides is 3. The van der Waals surface area contributed by atoms with Crippen LogP contribution < -0.4 is 27.0 Å². The number of nitrogens with two attached hydrogens (primary N) is 2. The van der Waals surface area contributed by atoms with Gasteiger partial charge in [0, 0.05) is 42.3 Å². The van der Waals surface area contributed by atoms with Crippen LogP contribution in [-0.2, 0) is 0 Å². The molecule has 24 heavy (non-hydrogen) atoms. The highest BCUT2D eigenvalue weighted by molar-refractivity contribution is 7.20. The summed E-state index contributed by atoms with van der Waals surface area (Å²) in [6, 6.07) is 8.99. The standard InChI is InChI=1S/C16H19N5O2S/c17-14(22)11-9-13(24-15(11)20-16(18)23)10-3-1-2-4-12(10)21-7-5-19-6-8-21/h1-4,9,19H,5-8H2,(H2,17,22)(H3,18,20,23). The SMILES string of the molecule is NC(=O)Nc1sc(-c2ccccc2N2CCNCC2)cc1C(N)=O. The summed E-state index contributed by atoms with van der Waals surface area (Å²) in [6.45, 7) is 3.69. The van der Waals surface area contributed by atoms with Crippen LogP contribution in [0.2, 0.25) is 0 Å². The molecule has 1 saturated heterocycles. The van der Waals surface area contributed by atoms with Crippen LogP contribution in [0.4, 0.5) is 15.5 Å². The normalized spacial score (nSPS) is 14.4. The molecule has 1 aromatic carbocycles. The first kappa shape index (κ1) is 16.3. The van der Waals surface area contributed by atoms with Crippen molar-refractivity contribution in [2.75, 3.05) is 36.4 Å². The van der Waals surface area contributed by atoms with Crippen LogP contribution in [0.3, 0.4) is 0 Å². The van der Waals surface area contributed by atoms with Crippen molar-refractivity contribution in [2.45, 2.75) is 0 Å². The minimum absolute atomic E-state index is 0.268. The number of hydrogen-bond donors (Lipinski definition) is 4. The van der Waals surface area contributed by atoms with Crippen molar-refractivity contribution in [1.29, 1.82) is 0 Å². The Labute approximate surface area is 143 Å². The molecule has 0 radical (unpaired) electrons. The summed E-state index contributed by atoms with van der Waals surface area (Å²) >= 11 is 1.29. The summed E-state index contributed by atoms with van der Waals surface area (Å²) < 4.78 is 0. The van der Waals surface area contributed by atoms with Gasteiger partial charge in [0.25, 0.3) is 5.91 Å². The first-order chi connectivity index (χ1) is 11.6. The van der Waals surface area contributed by atoms with E-state index in [0.717, 1.165) is 42.3 Å². The Bertz CT molecular complexity index is 768. The second kappa shape index (κ2) is 6.90. The van der Waals surface area contributed by atoms with Gasteiger partial charge in [-0.15, -0.1) is 11.3 Å². The largest absolute Gasteiger partial charge is 0.368 e. The van der Waals surface area contributed by atoms with Crippen molar-refractivity contribution in [2.24, 2.45) is 11.5 Å². The van der Waals surface area contributed by atoms with E-state index in [-0.39, 0.29) is 5.56 Å². The molecule has 0 atom stereocenters. The van der Waals surface area contributed by atoms with E-state index in [4.69, 9.17) is 11.5 Å². The summed E-state index contributed by atoms with van der Waals surface area (Å²) in [5, 5.41) is 6.18. The molecule has 8 heteroatoms. The van der Waals surface area contributed by atoms with Crippen molar-refractivity contribution < 1.29 is 9.59 Å². The van der Waals surface area contributed by atoms with Gasteiger partial charge in [0.05, 0.1) is 5.56 Å². The number of rotatable bonds is 4. The van der Waals surface area contributed by atoms with Crippen LogP contribution in [-0.4, -0.2) is 38.1 Å². The topological polar surface area (TPSA) is 113 Å². The van der Waals surface area contributed by atoms with Crippen LogP contribution in [0.25, 0.3) is 10.4 Å². The van der Waals surface area contributed by atoms with E-state index >= 15 is 0 Å². The van der Waals surface area contributed by atoms with Crippen molar-refractivity contribution in [1.82, 2.24) is 5.32 Å². The number of para-hydroxylation sites is 1. The molecule has 1 aliphatic heterocycles. The fourth-order valence-corrected chi connectivity index (χ4v) is 3.88. The van der Waals surface area contributed by atoms with Gasteiger partial charge in [0.15, 0.2) is 0 Å². The Morgan fingerprint density at radius 2 is 1.88 bits per heavy atom. The molecular weight excluding hydrogens is 326 g/mol. The Hall–Kier alpha value is -2.58. The van der Waals surface area contributed by atoms with E-state index in [2.05, 4.69) is 21.6 Å². The van der Waals surface area contributed by atoms with E-state index in [1.165, 1.54) is 11.3 Å². The van der Waals surface area contributed by atoms with E-state index in [1.807, 2.05) is 18.2 Å². The van der Waals surface area contributed by atoms with E-state index < -0.39 is 11.9 Å². The van der Waals surface area contributed by atoms with Gasteiger partial charge in [0.1, 0.15) is 5.00 Å². The fraction of sp³-hybridized carbons (Fsp3) is 0.250. The number of thiophene rings is 1. The maximum Gasteiger partial charge on any atom is 0.317 e. The summed E-state index contributed by atoms with van der Waals surface area (Å²) in [6.07, 6.45) is 0. The average molecular weight is 345 g/mol. The first-order valence-electron chi connectivity index (χ1n) is 7.61. The maximum absolute atomic E-state index is 11.7. The van der Waals surface area contributed by atoms with Crippen LogP contribution in [0, 0.1) is 0 Å². The molecule has 3 amide bonds. The average Bonchev–Trinajstić information content (AvgIpc) is 2.99. The van der Waals surface area contributed by atoms with Crippen molar-refractivity contribution in [3.05, 3.63) is 35.9 Å². The molecule has 2 aromatic rings. The lowest BCUT2D eigenvalue weighted by atomic mass is 10.1. The molecule has 126 valence electrons. The molecule has 0 bridgehead atoms. The monoisotopic (exact) mass is 345 g/mol. The quantitative estimate of drug-likeness (QED) is 0.671. The highest BCUT2D eigenvalue weighted by Crippen LogP contribution is 2.39. The second-order valence-electron chi connectivity index (χ2n) is 5.46. The lowest BCUT2D eigenvalue weighted by Crippen LogP contribution is -2.43. The highest BCUT2D eigenvalue weighted by atomic mass is 32.1. The molecule has 0 aliphatic carbocycles. The Morgan fingerprint density at radius 1 is 1.17 bits per heavy atom. The number of anilines is 2. The van der Waals surface area contributed by atoms with Gasteiger partial charge in [-0.25, -0.2) is 4.79 Å². The van der Waals surface area contributed by atoms with Crippen molar-refractivity contribution in [3.8, 4) is 10.4 Å². The van der Waals surface area contributed by atoms with Gasteiger partial charge in [0.2, 0.25) is 0 Å². The fourth-order valence-electron chi connectivity index (χ4n) is 2.78. The van der Waals surface area contributed by atoms with Gasteiger partial charge in [-0.1, -0.05) is 18.2 Å². The summed E-state index contributed by atoms with van der Waals surface area (Å²) in [5.41, 5.74) is 13.0. The molecule has 0 unspecified atom stereocenters. The molecule has 1 aliphatic rings. The van der Waals surface area contributed by atoms with Gasteiger partial charge in [-0.2, -0.15) is 0 Å². The molecule has 0 saturated carbocycles. The number of nitrogens with zero attached hydrogens (tertiary/aromatic N) is 1. The second-order valence-corrected chi connectivity index (χ2v) is 6.51. The Kier molecular flexibility index (Phi) is 4.68. The zero-order valence-electron chi connectivity index (χ0n) is 13.0. The van der Waals surface area contributed by atoms with Gasteiger partial charge >= 0.3 is 6.03 Å². The number of piperazine rings is 1. The maximum atomic E-state index is 11.7. The van der Waals surface area contributed by atoms with Crippen molar-refractivity contribution >= 4 is 34.0 Å². The lowest BCUT2D eigenvalue weighted by Gasteiger charge is -2.31. The zero-order chi connectivity index (χ0) is 17.1. The minimum Gasteiger partial charge on any atom is -0.368 e. The molecule has 1 aromatic heterocycles. The van der Waals surface area contributed by atoms with Gasteiger partial charge < -0.3 is 21.7 Å². The van der Waals surface area contributed by atoms with Crippen molar-refractivity contribution in [3.63, 3.8) is 0 Å². The highest BCUT2D eigenvalue weighted by Gasteiger charge is 2.20. The third kappa shape index (κ3) is 3.34. The van der Waals surface area contributed by atoms with Gasteiger partial charge in [-0.3, -0.25) is 10.1 Å². The Morgan fingerprint density at radius 3 is 2.54 bits per heavy atom. The Balaban J connectivity index is 2.02. The lowest BCUT2D eigenvalue weighted by molar-refractivity contribution is 0.100. The predicted octanol–water partition coefficient (Wildman–Crippen LogP) is 1.41. The summed E-state index contributed by atoms with van der Waals surface area (Å²) in [5.74, 6) is -0.596. The molecule has 3 rings (SSSR count). The van der Waals surface area contributed by atoms with Gasteiger partial charge in [-0.05, 0) is 12.1 Å². The predicted molar refractivity (Wildman–Crippen MR) is 96.6 cm³/mol. The van der Waals surface area contributed by atoms with E-state index in [9.17, 15) is 9.59 Å². The van der Waals surface area contributed by atoms with E-state index in [1.54, 1.807) is 6.07 Å². The number of benzene rings is 1. The number of nitrogens with one attached hydrogen (secondary N) is 2. The molecule has 0 spiro atoms. The zero-order valence-corrected chi connectivity index (χ0v) is 13.9. The summed E-state index contributed by atoms with van der Waals surface area (Å²) in [4.78, 5) is 26.0. The molecular formula is C16H19N5O2S. The third-order valence-electron chi connectivity index (χ3n) is 3.86. The number of carbonyl (C=O) groups excluding carboxylic acids is 2. The van der Waals surface area contributed by atoms with E-state index in [0.29, 0.717) is 5.00 Å². The van der Waals surface area contributed by atoms with Crippen LogP contribution >= 0.6 is 11.3 Å². The third-order valence-corrected chi connectivity index (χ3v) is 4.95.